The first-order chi connectivity index (χ1) is 22.3. The Bertz CT molecular complexity index is 1790. The van der Waals surface area contributed by atoms with Crippen LogP contribution in [0.25, 0.3) is 11.0 Å². The number of nitrogens with one attached hydrogen (secondary N) is 2. The van der Waals surface area contributed by atoms with Crippen LogP contribution >= 0.6 is 0 Å². The first-order valence-electron chi connectivity index (χ1n) is 16.4. The van der Waals surface area contributed by atoms with E-state index < -0.39 is 5.41 Å². The Morgan fingerprint density at radius 3 is 2.50 bits per heavy atom. The molecule has 0 radical (unpaired) electrons. The summed E-state index contributed by atoms with van der Waals surface area (Å²) in [5, 5.41) is 6.46. The van der Waals surface area contributed by atoms with Gasteiger partial charge in [-0.1, -0.05) is 6.07 Å². The van der Waals surface area contributed by atoms with Gasteiger partial charge in [-0.15, -0.1) is 0 Å². The number of aryl methyl sites for hydroxylation is 1. The van der Waals surface area contributed by atoms with Crippen molar-refractivity contribution in [1.29, 1.82) is 0 Å². The van der Waals surface area contributed by atoms with Gasteiger partial charge in [0, 0.05) is 48.8 Å². The Morgan fingerprint density at radius 2 is 1.70 bits per heavy atom. The molecule has 0 bridgehead atoms. The minimum Gasteiger partial charge on any atom is -0.341 e. The molecule has 2 aromatic carbocycles. The summed E-state index contributed by atoms with van der Waals surface area (Å²) >= 11 is 0. The second-order valence-electron chi connectivity index (χ2n) is 13.1. The number of nitrogens with zero attached hydrogens (tertiary/aromatic N) is 7. The fraction of sp³-hybridized carbons (Fsp3) is 0.429. The second kappa shape index (κ2) is 12.3. The van der Waals surface area contributed by atoms with Gasteiger partial charge in [-0.2, -0.15) is 0 Å². The van der Waals surface area contributed by atoms with Gasteiger partial charge in [0.1, 0.15) is 17.4 Å². The third kappa shape index (κ3) is 5.75. The number of rotatable bonds is 8. The van der Waals surface area contributed by atoms with Crippen molar-refractivity contribution >= 4 is 51.7 Å². The molecule has 0 unspecified atom stereocenters. The molecule has 11 nitrogen and oxygen atoms in total. The van der Waals surface area contributed by atoms with Gasteiger partial charge in [0.05, 0.1) is 11.6 Å². The molecule has 5 heterocycles. The maximum atomic E-state index is 13.5. The van der Waals surface area contributed by atoms with Crippen molar-refractivity contribution < 1.29 is 9.59 Å². The second-order valence-corrected chi connectivity index (χ2v) is 13.1. The molecule has 0 spiro atoms. The molecule has 0 aliphatic carbocycles. The first-order valence-corrected chi connectivity index (χ1v) is 16.4. The van der Waals surface area contributed by atoms with Crippen molar-refractivity contribution in [3.8, 4) is 0 Å². The lowest BCUT2D eigenvalue weighted by molar-refractivity contribution is -0.122. The van der Waals surface area contributed by atoms with Crippen LogP contribution in [-0.2, 0) is 10.2 Å². The lowest BCUT2D eigenvalue weighted by Crippen LogP contribution is -2.40. The van der Waals surface area contributed by atoms with Crippen molar-refractivity contribution in [2.45, 2.75) is 58.3 Å². The van der Waals surface area contributed by atoms with E-state index in [9.17, 15) is 9.59 Å². The predicted octanol–water partition coefficient (Wildman–Crippen LogP) is 5.43. The summed E-state index contributed by atoms with van der Waals surface area (Å²) in [6.07, 6.45) is 9.18. The molecule has 2 amide bonds. The highest BCUT2D eigenvalue weighted by Gasteiger charge is 2.44. The van der Waals surface area contributed by atoms with Gasteiger partial charge >= 0.3 is 0 Å². The van der Waals surface area contributed by atoms with Crippen LogP contribution in [0.4, 0.5) is 28.8 Å². The maximum absolute atomic E-state index is 13.5. The summed E-state index contributed by atoms with van der Waals surface area (Å²) in [5.41, 5.74) is 5.35. The average Bonchev–Trinajstić information content (AvgIpc) is 3.66. The summed E-state index contributed by atoms with van der Waals surface area (Å²) in [7, 11) is 0. The number of hydrogen-bond donors (Lipinski definition) is 2. The highest BCUT2D eigenvalue weighted by atomic mass is 16.2. The van der Waals surface area contributed by atoms with Gasteiger partial charge in [0.2, 0.25) is 11.9 Å². The monoisotopic (exact) mass is 619 g/mol. The van der Waals surface area contributed by atoms with Crippen LogP contribution in [0.3, 0.4) is 0 Å². The molecular formula is C35H41N9O2. The fourth-order valence-corrected chi connectivity index (χ4v) is 6.79. The molecule has 2 saturated heterocycles. The molecule has 0 saturated carbocycles. The van der Waals surface area contributed by atoms with Crippen LogP contribution in [0, 0.1) is 6.92 Å². The molecule has 3 aliphatic heterocycles. The third-order valence-corrected chi connectivity index (χ3v) is 9.59. The summed E-state index contributed by atoms with van der Waals surface area (Å²) < 4.78 is 0. The highest BCUT2D eigenvalue weighted by molar-refractivity contribution is 6.09. The first kappa shape index (κ1) is 30.0. The summed E-state index contributed by atoms with van der Waals surface area (Å²) in [6.45, 7) is 11.5. The van der Waals surface area contributed by atoms with Crippen LogP contribution in [-0.4, -0.2) is 75.9 Å². The lowest BCUT2D eigenvalue weighted by Gasteiger charge is -2.26. The normalized spacial score (nSPS) is 17.8. The summed E-state index contributed by atoms with van der Waals surface area (Å²) in [5.74, 6) is 1.11. The third-order valence-electron chi connectivity index (χ3n) is 9.59. The van der Waals surface area contributed by atoms with E-state index in [1.54, 1.807) is 6.20 Å². The zero-order valence-electron chi connectivity index (χ0n) is 26.8. The quantitative estimate of drug-likeness (QED) is 0.266. The number of anilines is 5. The molecule has 2 N–H and O–H groups in total. The van der Waals surface area contributed by atoms with Crippen molar-refractivity contribution in [1.82, 2.24) is 24.8 Å². The van der Waals surface area contributed by atoms with Gasteiger partial charge in [0.25, 0.3) is 5.91 Å². The molecule has 4 aromatic rings. The number of carbonyl (C=O) groups excluding carboxylic acids is 2. The van der Waals surface area contributed by atoms with E-state index in [0.717, 1.165) is 68.1 Å². The van der Waals surface area contributed by atoms with Gasteiger partial charge in [-0.3, -0.25) is 9.59 Å². The number of benzene rings is 2. The molecule has 3 aliphatic rings. The Kier molecular flexibility index (Phi) is 8.02. The minimum atomic E-state index is -0.667. The van der Waals surface area contributed by atoms with Crippen molar-refractivity contribution in [3.05, 3.63) is 65.6 Å². The van der Waals surface area contributed by atoms with E-state index in [1.807, 2.05) is 62.1 Å². The maximum Gasteiger partial charge on any atom is 0.255 e. The SMILES string of the molecule is Cc1ccc(C(=O)Nc2ccc3c(c2)C(C)(C)C(=O)N3CCN2CCCC2)cc1Nc1ncnc2cnc(N3CCCCC3)nc12. The molecule has 46 heavy (non-hydrogen) atoms. The van der Waals surface area contributed by atoms with Crippen molar-refractivity contribution in [3.63, 3.8) is 0 Å². The minimum absolute atomic E-state index is 0.102. The highest BCUT2D eigenvalue weighted by Crippen LogP contribution is 2.43. The molecule has 0 atom stereocenters. The molecule has 2 fully saturated rings. The van der Waals surface area contributed by atoms with Crippen LogP contribution in [0.15, 0.2) is 48.9 Å². The molecular weight excluding hydrogens is 578 g/mol. The number of carbonyl (C=O) groups is 2. The van der Waals surface area contributed by atoms with E-state index in [-0.39, 0.29) is 11.8 Å². The van der Waals surface area contributed by atoms with E-state index in [2.05, 4.69) is 35.4 Å². The number of aromatic nitrogens is 4. The smallest absolute Gasteiger partial charge is 0.255 e. The lowest BCUT2D eigenvalue weighted by atomic mass is 9.86. The Morgan fingerprint density at radius 1 is 0.913 bits per heavy atom. The topological polar surface area (TPSA) is 119 Å². The van der Waals surface area contributed by atoms with Crippen molar-refractivity contribution in [2.75, 3.05) is 59.7 Å². The molecule has 238 valence electrons. The molecule has 11 heteroatoms. The van der Waals surface area contributed by atoms with Crippen LogP contribution in [0.1, 0.15) is 67.4 Å². The van der Waals surface area contributed by atoms with Crippen molar-refractivity contribution in [2.24, 2.45) is 0 Å². The average molecular weight is 620 g/mol. The standard InChI is InChI=1S/C35H41N9O2/c1-23-9-10-24(19-27(23)40-31-30-28(37-22-38-31)21-36-34(41-30)43-15-5-4-6-16-43)32(45)39-25-11-12-29-26(20-25)35(2,3)33(46)44(29)18-17-42-13-7-8-14-42/h9-12,19-22H,4-8,13-18H2,1-3H3,(H,39,45)(H,37,38,40). The van der Waals surface area contributed by atoms with E-state index >= 15 is 0 Å². The zero-order chi connectivity index (χ0) is 31.8. The summed E-state index contributed by atoms with van der Waals surface area (Å²) in [4.78, 5) is 51.8. The zero-order valence-corrected chi connectivity index (χ0v) is 26.8. The molecule has 2 aromatic heterocycles. The number of piperidine rings is 1. The number of fused-ring (bicyclic) bond motifs is 2. The molecule has 7 rings (SSSR count). The van der Waals surface area contributed by atoms with E-state index in [1.165, 1.54) is 25.6 Å². The fourth-order valence-electron chi connectivity index (χ4n) is 6.79. The van der Waals surface area contributed by atoms with Gasteiger partial charge in [-0.25, -0.2) is 19.9 Å². The van der Waals surface area contributed by atoms with E-state index in [0.29, 0.717) is 40.6 Å². The van der Waals surface area contributed by atoms with E-state index in [4.69, 9.17) is 4.98 Å². The number of amides is 2. The number of likely N-dealkylation sites (tertiary alicyclic amines) is 1. The number of hydrogen-bond acceptors (Lipinski definition) is 9. The van der Waals surface area contributed by atoms with Gasteiger partial charge in [0.15, 0.2) is 5.82 Å². The predicted molar refractivity (Wildman–Crippen MR) is 181 cm³/mol. The van der Waals surface area contributed by atoms with Gasteiger partial charge in [-0.05, 0) is 107 Å². The Balaban J connectivity index is 1.10. The Labute approximate surface area is 269 Å². The van der Waals surface area contributed by atoms with Crippen LogP contribution in [0.5, 0.6) is 0 Å². The Hall–Kier alpha value is -4.64. The van der Waals surface area contributed by atoms with Crippen LogP contribution in [0.2, 0.25) is 0 Å². The summed E-state index contributed by atoms with van der Waals surface area (Å²) in [6, 6.07) is 11.3. The largest absolute Gasteiger partial charge is 0.341 e. The van der Waals surface area contributed by atoms with Crippen LogP contribution < -0.4 is 20.4 Å². The van der Waals surface area contributed by atoms with Gasteiger partial charge < -0.3 is 25.3 Å².